The molecule has 140 valence electrons. The normalized spacial score (nSPS) is 18.3. The van der Waals surface area contributed by atoms with Crippen LogP contribution in [0.2, 0.25) is 0 Å². The molecule has 1 N–H and O–H groups in total. The summed E-state index contributed by atoms with van der Waals surface area (Å²) in [6.45, 7) is 6.92. The highest BCUT2D eigenvalue weighted by Crippen LogP contribution is 2.25. The van der Waals surface area contributed by atoms with Gasteiger partial charge in [-0.2, -0.15) is 4.31 Å². The van der Waals surface area contributed by atoms with Crippen LogP contribution in [0.5, 0.6) is 0 Å². The molecule has 0 radical (unpaired) electrons. The first-order valence-corrected chi connectivity index (χ1v) is 11.4. The van der Waals surface area contributed by atoms with Crippen molar-refractivity contribution < 1.29 is 13.2 Å². The van der Waals surface area contributed by atoms with E-state index in [1.165, 1.54) is 4.31 Å². The van der Waals surface area contributed by atoms with Gasteiger partial charge >= 0.3 is 0 Å². The standard InChI is InChI=1S/C18H28N2O3S2/c1-13(2)14(3)19-18(21)15-9-11-20(12-10-15)25(22,23)17-7-5-16(24-4)6-8-17/h5-8,13-15H,9-12H2,1-4H3,(H,19,21)/t14-/m0/s1. The molecule has 1 heterocycles. The number of thioether (sulfide) groups is 1. The first-order valence-electron chi connectivity index (χ1n) is 8.70. The summed E-state index contributed by atoms with van der Waals surface area (Å²) >= 11 is 1.58. The first kappa shape index (κ1) is 20.3. The third-order valence-electron chi connectivity index (χ3n) is 4.89. The second kappa shape index (κ2) is 8.56. The Kier molecular flexibility index (Phi) is 6.93. The molecule has 1 atom stereocenters. The predicted molar refractivity (Wildman–Crippen MR) is 102 cm³/mol. The van der Waals surface area contributed by atoms with Crippen LogP contribution < -0.4 is 5.32 Å². The molecule has 5 nitrogen and oxygen atoms in total. The van der Waals surface area contributed by atoms with Crippen molar-refractivity contribution in [1.29, 1.82) is 0 Å². The molecule has 1 amide bonds. The van der Waals surface area contributed by atoms with Gasteiger partial charge in [-0.1, -0.05) is 13.8 Å². The minimum absolute atomic E-state index is 0.0440. The molecule has 0 aromatic heterocycles. The fourth-order valence-electron chi connectivity index (χ4n) is 2.76. The summed E-state index contributed by atoms with van der Waals surface area (Å²) in [5, 5.41) is 3.04. The van der Waals surface area contributed by atoms with E-state index in [9.17, 15) is 13.2 Å². The van der Waals surface area contributed by atoms with E-state index in [1.807, 2.05) is 25.3 Å². The maximum Gasteiger partial charge on any atom is 0.243 e. The van der Waals surface area contributed by atoms with E-state index < -0.39 is 10.0 Å². The monoisotopic (exact) mass is 384 g/mol. The summed E-state index contributed by atoms with van der Waals surface area (Å²) < 4.78 is 27.0. The van der Waals surface area contributed by atoms with Crippen molar-refractivity contribution in [2.45, 2.75) is 49.4 Å². The largest absolute Gasteiger partial charge is 0.353 e. The lowest BCUT2D eigenvalue weighted by Gasteiger charge is -2.31. The van der Waals surface area contributed by atoms with Crippen LogP contribution in [0.4, 0.5) is 0 Å². The van der Waals surface area contributed by atoms with Crippen molar-refractivity contribution in [3.63, 3.8) is 0 Å². The van der Waals surface area contributed by atoms with Crippen molar-refractivity contribution in [3.8, 4) is 0 Å². The van der Waals surface area contributed by atoms with Crippen LogP contribution in [-0.4, -0.2) is 44.0 Å². The van der Waals surface area contributed by atoms with Gasteiger partial charge in [0.1, 0.15) is 0 Å². The Morgan fingerprint density at radius 1 is 1.16 bits per heavy atom. The number of carbonyl (C=O) groups excluding carboxylic acids is 1. The number of nitrogens with one attached hydrogen (secondary N) is 1. The van der Waals surface area contributed by atoms with Gasteiger partial charge in [0.25, 0.3) is 0 Å². The van der Waals surface area contributed by atoms with Gasteiger partial charge in [-0.3, -0.25) is 4.79 Å². The van der Waals surface area contributed by atoms with E-state index in [-0.39, 0.29) is 17.9 Å². The fraction of sp³-hybridized carbons (Fsp3) is 0.611. The number of benzene rings is 1. The molecule has 0 spiro atoms. The number of piperidine rings is 1. The lowest BCUT2D eigenvalue weighted by atomic mass is 9.96. The lowest BCUT2D eigenvalue weighted by molar-refractivity contribution is -0.127. The van der Waals surface area contributed by atoms with Crippen LogP contribution in [0.3, 0.4) is 0 Å². The predicted octanol–water partition coefficient (Wildman–Crippen LogP) is 2.97. The number of rotatable bonds is 6. The molecule has 1 fully saturated rings. The number of carbonyl (C=O) groups is 1. The maximum absolute atomic E-state index is 12.7. The van der Waals surface area contributed by atoms with Gasteiger partial charge < -0.3 is 5.32 Å². The van der Waals surface area contributed by atoms with Crippen molar-refractivity contribution >= 4 is 27.7 Å². The first-order chi connectivity index (χ1) is 11.8. The Bertz CT molecular complexity index is 679. The Morgan fingerprint density at radius 2 is 1.72 bits per heavy atom. The number of hydrogen-bond donors (Lipinski definition) is 1. The minimum atomic E-state index is -3.48. The Balaban J connectivity index is 1.97. The summed E-state index contributed by atoms with van der Waals surface area (Å²) in [5.74, 6) is 0.322. The number of amides is 1. The van der Waals surface area contributed by atoms with E-state index in [0.717, 1.165) is 4.90 Å². The van der Waals surface area contributed by atoms with Crippen LogP contribution >= 0.6 is 11.8 Å². The van der Waals surface area contributed by atoms with Crippen LogP contribution in [-0.2, 0) is 14.8 Å². The Hall–Kier alpha value is -1.05. The highest BCUT2D eigenvalue weighted by molar-refractivity contribution is 7.98. The topological polar surface area (TPSA) is 66.5 Å². The van der Waals surface area contributed by atoms with Crippen LogP contribution in [0, 0.1) is 11.8 Å². The molecule has 2 rings (SSSR count). The van der Waals surface area contributed by atoms with Crippen molar-refractivity contribution in [3.05, 3.63) is 24.3 Å². The average Bonchev–Trinajstić information content (AvgIpc) is 2.61. The van der Waals surface area contributed by atoms with Gasteiger partial charge in [-0.15, -0.1) is 11.8 Å². The minimum Gasteiger partial charge on any atom is -0.353 e. The van der Waals surface area contributed by atoms with Crippen molar-refractivity contribution in [2.75, 3.05) is 19.3 Å². The number of sulfonamides is 1. The Morgan fingerprint density at radius 3 is 2.20 bits per heavy atom. The van der Waals surface area contributed by atoms with Gasteiger partial charge in [0.2, 0.25) is 15.9 Å². The zero-order chi connectivity index (χ0) is 18.6. The summed E-state index contributed by atoms with van der Waals surface area (Å²) in [4.78, 5) is 13.7. The number of nitrogens with zero attached hydrogens (tertiary/aromatic N) is 1. The number of hydrogen-bond acceptors (Lipinski definition) is 4. The smallest absolute Gasteiger partial charge is 0.243 e. The molecular formula is C18H28N2O3S2. The molecule has 1 aliphatic heterocycles. The van der Waals surface area contributed by atoms with E-state index in [2.05, 4.69) is 19.2 Å². The Labute approximate surface area is 155 Å². The highest BCUT2D eigenvalue weighted by atomic mass is 32.2. The molecule has 1 aromatic rings. The zero-order valence-corrected chi connectivity index (χ0v) is 17.0. The van der Waals surface area contributed by atoms with Crippen LogP contribution in [0.1, 0.15) is 33.6 Å². The molecule has 0 bridgehead atoms. The van der Waals surface area contributed by atoms with Gasteiger partial charge in [0.15, 0.2) is 0 Å². The molecule has 1 saturated heterocycles. The third-order valence-corrected chi connectivity index (χ3v) is 7.55. The van der Waals surface area contributed by atoms with Crippen LogP contribution in [0.25, 0.3) is 0 Å². The summed E-state index contributed by atoms with van der Waals surface area (Å²) in [6.07, 6.45) is 3.09. The molecule has 0 unspecified atom stereocenters. The fourth-order valence-corrected chi connectivity index (χ4v) is 4.64. The van der Waals surface area contributed by atoms with Gasteiger partial charge in [-0.05, 0) is 56.2 Å². The molecule has 1 aromatic carbocycles. The van der Waals surface area contributed by atoms with Crippen molar-refractivity contribution in [1.82, 2.24) is 9.62 Å². The van der Waals surface area contributed by atoms with E-state index in [1.54, 1.807) is 23.9 Å². The molecule has 0 aliphatic carbocycles. The van der Waals surface area contributed by atoms with E-state index in [4.69, 9.17) is 0 Å². The van der Waals surface area contributed by atoms with Crippen LogP contribution in [0.15, 0.2) is 34.1 Å². The molecule has 0 saturated carbocycles. The third kappa shape index (κ3) is 4.99. The van der Waals surface area contributed by atoms with Gasteiger partial charge in [0.05, 0.1) is 4.90 Å². The molecular weight excluding hydrogens is 356 g/mol. The summed E-state index contributed by atoms with van der Waals surface area (Å²) in [6, 6.07) is 7.09. The van der Waals surface area contributed by atoms with Crippen molar-refractivity contribution in [2.24, 2.45) is 11.8 Å². The molecule has 1 aliphatic rings. The molecule has 25 heavy (non-hydrogen) atoms. The maximum atomic E-state index is 12.7. The summed E-state index contributed by atoms with van der Waals surface area (Å²) in [7, 11) is -3.48. The quantitative estimate of drug-likeness (QED) is 0.766. The average molecular weight is 385 g/mol. The summed E-state index contributed by atoms with van der Waals surface area (Å²) in [5.41, 5.74) is 0. The van der Waals surface area contributed by atoms with Gasteiger partial charge in [0, 0.05) is 29.9 Å². The van der Waals surface area contributed by atoms with Gasteiger partial charge in [-0.25, -0.2) is 8.42 Å². The highest BCUT2D eigenvalue weighted by Gasteiger charge is 2.32. The molecule has 7 heteroatoms. The SMILES string of the molecule is CSc1ccc(S(=O)(=O)N2CCC(C(=O)N[C@@H](C)C(C)C)CC2)cc1. The van der Waals surface area contributed by atoms with E-state index in [0.29, 0.717) is 36.7 Å². The zero-order valence-electron chi connectivity index (χ0n) is 15.4. The lowest BCUT2D eigenvalue weighted by Crippen LogP contribution is -2.45. The second-order valence-electron chi connectivity index (χ2n) is 6.90. The second-order valence-corrected chi connectivity index (χ2v) is 9.71. The van der Waals surface area contributed by atoms with E-state index >= 15 is 0 Å².